The van der Waals surface area contributed by atoms with Gasteiger partial charge in [-0.25, -0.2) is 22.0 Å². The Labute approximate surface area is 178 Å². The fourth-order valence-corrected chi connectivity index (χ4v) is 4.11. The van der Waals surface area contributed by atoms with Gasteiger partial charge in [0.1, 0.15) is 10.7 Å². The molecule has 9 heteroatoms. The maximum atomic E-state index is 13.7. The number of nitrogens with zero attached hydrogens (tertiary/aromatic N) is 2. The lowest BCUT2D eigenvalue weighted by Gasteiger charge is -2.09. The second kappa shape index (κ2) is 8.66. The van der Waals surface area contributed by atoms with Gasteiger partial charge in [0.15, 0.2) is 5.69 Å². The van der Waals surface area contributed by atoms with Gasteiger partial charge in [-0.1, -0.05) is 42.5 Å². The van der Waals surface area contributed by atoms with Crippen molar-refractivity contribution in [1.29, 1.82) is 0 Å². The van der Waals surface area contributed by atoms with Crippen molar-refractivity contribution < 1.29 is 17.6 Å². The summed E-state index contributed by atoms with van der Waals surface area (Å²) in [6.45, 7) is 0.318. The molecular formula is C22H19FN4O3S. The summed E-state index contributed by atoms with van der Waals surface area (Å²) in [4.78, 5) is 11.9. The molecule has 2 heterocycles. The van der Waals surface area contributed by atoms with Gasteiger partial charge in [0.2, 0.25) is 10.0 Å². The van der Waals surface area contributed by atoms with Crippen LogP contribution in [0.15, 0.2) is 83.9 Å². The van der Waals surface area contributed by atoms with E-state index in [2.05, 4.69) is 15.1 Å². The number of amides is 1. The first-order valence-corrected chi connectivity index (χ1v) is 11.0. The topological polar surface area (TPSA) is 92.6 Å². The van der Waals surface area contributed by atoms with Crippen LogP contribution in [-0.2, 0) is 23.1 Å². The number of aromatic nitrogens is 2. The molecule has 0 aliphatic carbocycles. The van der Waals surface area contributed by atoms with Crippen molar-refractivity contribution in [1.82, 2.24) is 19.7 Å². The molecule has 4 aromatic rings. The summed E-state index contributed by atoms with van der Waals surface area (Å²) in [7, 11) is -3.95. The van der Waals surface area contributed by atoms with Gasteiger partial charge in [0.25, 0.3) is 5.91 Å². The van der Waals surface area contributed by atoms with Gasteiger partial charge < -0.3 is 5.32 Å². The minimum absolute atomic E-state index is 0.0184. The molecule has 0 atom stereocenters. The van der Waals surface area contributed by atoms with Gasteiger partial charge in [0, 0.05) is 19.3 Å². The Bertz CT molecular complexity index is 1300. The number of carbonyl (C=O) groups is 1. The Morgan fingerprint density at radius 1 is 0.935 bits per heavy atom. The van der Waals surface area contributed by atoms with Crippen LogP contribution in [0.2, 0.25) is 0 Å². The van der Waals surface area contributed by atoms with E-state index in [-0.39, 0.29) is 17.3 Å². The van der Waals surface area contributed by atoms with Crippen LogP contribution in [0.25, 0.3) is 5.52 Å². The second-order valence-corrected chi connectivity index (χ2v) is 8.59. The Morgan fingerprint density at radius 2 is 1.61 bits per heavy atom. The highest BCUT2D eigenvalue weighted by Crippen LogP contribution is 2.14. The van der Waals surface area contributed by atoms with Crippen LogP contribution in [0.1, 0.15) is 21.6 Å². The van der Waals surface area contributed by atoms with Gasteiger partial charge in [0.05, 0.1) is 5.52 Å². The average molecular weight is 438 g/mol. The lowest BCUT2D eigenvalue weighted by molar-refractivity contribution is 0.0945. The number of halogens is 1. The van der Waals surface area contributed by atoms with Crippen molar-refractivity contribution in [2.24, 2.45) is 0 Å². The van der Waals surface area contributed by atoms with Crippen molar-refractivity contribution in [2.75, 3.05) is 0 Å². The zero-order valence-corrected chi connectivity index (χ0v) is 17.1. The maximum absolute atomic E-state index is 13.7. The molecule has 4 rings (SSSR count). The first-order valence-electron chi connectivity index (χ1n) is 9.47. The average Bonchev–Trinajstić information content (AvgIpc) is 3.21. The van der Waals surface area contributed by atoms with Crippen LogP contribution in [0.3, 0.4) is 0 Å². The number of hydrogen-bond acceptors (Lipinski definition) is 4. The van der Waals surface area contributed by atoms with E-state index in [0.29, 0.717) is 17.8 Å². The molecule has 31 heavy (non-hydrogen) atoms. The molecule has 7 nitrogen and oxygen atoms in total. The fraction of sp³-hybridized carbons (Fsp3) is 0.0909. The van der Waals surface area contributed by atoms with E-state index in [0.717, 1.165) is 17.1 Å². The summed E-state index contributed by atoms with van der Waals surface area (Å²) < 4.78 is 42.3. The molecular weight excluding hydrogens is 419 g/mol. The van der Waals surface area contributed by atoms with E-state index in [1.165, 1.54) is 18.2 Å². The predicted octanol–water partition coefficient (Wildman–Crippen LogP) is 2.88. The molecule has 0 aliphatic heterocycles. The Kier molecular flexibility index (Phi) is 5.79. The van der Waals surface area contributed by atoms with E-state index in [1.807, 2.05) is 18.2 Å². The third-order valence-corrected chi connectivity index (χ3v) is 6.11. The Balaban J connectivity index is 1.34. The zero-order chi connectivity index (χ0) is 21.8. The van der Waals surface area contributed by atoms with Gasteiger partial charge in [-0.15, -0.1) is 0 Å². The van der Waals surface area contributed by atoms with E-state index < -0.39 is 15.8 Å². The minimum atomic E-state index is -3.95. The molecule has 0 aliphatic rings. The largest absolute Gasteiger partial charge is 0.347 e. The summed E-state index contributed by atoms with van der Waals surface area (Å²) in [5, 5.41) is 7.04. The standard InChI is InChI=1S/C22H19FN4O3S/c23-19-6-1-2-7-21(19)31(29,30)25-15-17-10-8-16(9-11-17)14-24-22(28)20-13-18-5-3-4-12-27(18)26-20/h1-13,25H,14-15H2,(H,24,28). The molecule has 0 saturated heterocycles. The quantitative estimate of drug-likeness (QED) is 0.464. The Hall–Kier alpha value is -3.56. The van der Waals surface area contributed by atoms with Crippen molar-refractivity contribution in [3.63, 3.8) is 0 Å². The fourth-order valence-electron chi connectivity index (χ4n) is 3.02. The van der Waals surface area contributed by atoms with Crippen LogP contribution in [0, 0.1) is 5.82 Å². The molecule has 1 amide bonds. The van der Waals surface area contributed by atoms with E-state index in [1.54, 1.807) is 41.0 Å². The predicted molar refractivity (Wildman–Crippen MR) is 113 cm³/mol. The summed E-state index contributed by atoms with van der Waals surface area (Å²) in [5.41, 5.74) is 2.70. The third kappa shape index (κ3) is 4.79. The molecule has 0 radical (unpaired) electrons. The highest BCUT2D eigenvalue weighted by atomic mass is 32.2. The molecule has 2 N–H and O–H groups in total. The SMILES string of the molecule is O=C(NCc1ccc(CNS(=O)(=O)c2ccccc2F)cc1)c1cc2ccccn2n1. The minimum Gasteiger partial charge on any atom is -0.347 e. The van der Waals surface area contributed by atoms with Crippen molar-refractivity contribution in [3.05, 3.63) is 102 Å². The van der Waals surface area contributed by atoms with Gasteiger partial charge in [-0.05, 0) is 41.5 Å². The molecule has 0 fully saturated rings. The van der Waals surface area contributed by atoms with Crippen LogP contribution in [0.4, 0.5) is 4.39 Å². The number of pyridine rings is 1. The monoisotopic (exact) mass is 438 g/mol. The summed E-state index contributed by atoms with van der Waals surface area (Å²) >= 11 is 0. The highest BCUT2D eigenvalue weighted by molar-refractivity contribution is 7.89. The molecule has 0 unspecified atom stereocenters. The molecule has 0 saturated carbocycles. The van der Waals surface area contributed by atoms with Gasteiger partial charge >= 0.3 is 0 Å². The third-order valence-electron chi connectivity index (χ3n) is 4.67. The highest BCUT2D eigenvalue weighted by Gasteiger charge is 2.18. The van der Waals surface area contributed by atoms with Crippen LogP contribution < -0.4 is 10.0 Å². The van der Waals surface area contributed by atoms with E-state index in [4.69, 9.17) is 0 Å². The maximum Gasteiger partial charge on any atom is 0.272 e. The number of carbonyl (C=O) groups excluding carboxylic acids is 1. The molecule has 0 bridgehead atoms. The number of sulfonamides is 1. The van der Waals surface area contributed by atoms with Gasteiger partial charge in [-0.2, -0.15) is 5.10 Å². The van der Waals surface area contributed by atoms with Crippen LogP contribution in [0.5, 0.6) is 0 Å². The van der Waals surface area contributed by atoms with E-state index >= 15 is 0 Å². The van der Waals surface area contributed by atoms with Crippen molar-refractivity contribution >= 4 is 21.4 Å². The summed E-state index contributed by atoms with van der Waals surface area (Å²) in [6, 6.07) is 19.6. The molecule has 2 aromatic heterocycles. The number of fused-ring (bicyclic) bond motifs is 1. The second-order valence-electron chi connectivity index (χ2n) is 6.85. The number of hydrogen-bond donors (Lipinski definition) is 2. The number of benzene rings is 2. The Morgan fingerprint density at radius 3 is 2.32 bits per heavy atom. The first kappa shape index (κ1) is 20.7. The van der Waals surface area contributed by atoms with Gasteiger partial charge in [-0.3, -0.25) is 4.79 Å². The summed E-state index contributed by atoms with van der Waals surface area (Å²) in [6.07, 6.45) is 1.77. The summed E-state index contributed by atoms with van der Waals surface area (Å²) in [5.74, 6) is -1.09. The number of nitrogens with one attached hydrogen (secondary N) is 2. The van der Waals surface area contributed by atoms with Crippen LogP contribution >= 0.6 is 0 Å². The molecule has 0 spiro atoms. The zero-order valence-electron chi connectivity index (χ0n) is 16.3. The van der Waals surface area contributed by atoms with Crippen molar-refractivity contribution in [3.8, 4) is 0 Å². The first-order chi connectivity index (χ1) is 14.9. The molecule has 2 aromatic carbocycles. The normalized spacial score (nSPS) is 11.5. The van der Waals surface area contributed by atoms with E-state index in [9.17, 15) is 17.6 Å². The van der Waals surface area contributed by atoms with Crippen LogP contribution in [-0.4, -0.2) is 23.9 Å². The lowest BCUT2D eigenvalue weighted by Crippen LogP contribution is -2.24. The number of rotatable bonds is 7. The molecule has 158 valence electrons. The lowest BCUT2D eigenvalue weighted by atomic mass is 10.1. The smallest absolute Gasteiger partial charge is 0.272 e. The van der Waals surface area contributed by atoms with Crippen molar-refractivity contribution in [2.45, 2.75) is 18.0 Å².